The molecule has 4 rings (SSSR count). The summed E-state index contributed by atoms with van der Waals surface area (Å²) in [7, 11) is 0. The molecule has 0 saturated carbocycles. The van der Waals surface area contributed by atoms with Crippen molar-refractivity contribution in [1.29, 1.82) is 0 Å². The van der Waals surface area contributed by atoms with Crippen LogP contribution in [0.5, 0.6) is 5.75 Å². The zero-order valence-electron chi connectivity index (χ0n) is 15.0. The zero-order valence-corrected chi connectivity index (χ0v) is 15.0. The molecule has 0 amide bonds. The van der Waals surface area contributed by atoms with Gasteiger partial charge >= 0.3 is 0 Å². The third-order valence-corrected chi connectivity index (χ3v) is 4.53. The number of nitrogens with two attached hydrogens (primary N) is 1. The van der Waals surface area contributed by atoms with E-state index in [-0.39, 0.29) is 17.3 Å². The number of fused-ring (bicyclic) bond motifs is 1. The van der Waals surface area contributed by atoms with E-state index in [1.807, 2.05) is 0 Å². The first kappa shape index (κ1) is 17.5. The first-order valence-corrected chi connectivity index (χ1v) is 8.33. The van der Waals surface area contributed by atoms with E-state index in [4.69, 9.17) is 10.3 Å². The highest BCUT2D eigenvalue weighted by Crippen LogP contribution is 2.39. The van der Waals surface area contributed by atoms with Crippen molar-refractivity contribution >= 4 is 16.9 Å². The summed E-state index contributed by atoms with van der Waals surface area (Å²) in [6.07, 6.45) is 1.56. The van der Waals surface area contributed by atoms with E-state index in [2.05, 4.69) is 15.3 Å². The van der Waals surface area contributed by atoms with Gasteiger partial charge in [0.15, 0.2) is 11.7 Å². The molecule has 0 spiro atoms. The quantitative estimate of drug-likeness (QED) is 0.217. The Kier molecular flexibility index (Phi) is 3.99. The monoisotopic (exact) mass is 381 g/mol. The van der Waals surface area contributed by atoms with Crippen LogP contribution >= 0.6 is 0 Å². The van der Waals surface area contributed by atoms with Gasteiger partial charge in [-0.15, -0.1) is 0 Å². The van der Waals surface area contributed by atoms with Crippen molar-refractivity contribution in [3.63, 3.8) is 0 Å². The van der Waals surface area contributed by atoms with Gasteiger partial charge in [0.2, 0.25) is 0 Å². The lowest BCUT2D eigenvalue weighted by Crippen LogP contribution is -2.15. The summed E-state index contributed by atoms with van der Waals surface area (Å²) < 4.78 is 21.7. The van der Waals surface area contributed by atoms with Crippen molar-refractivity contribution in [2.75, 3.05) is 0 Å². The van der Waals surface area contributed by atoms with Gasteiger partial charge in [0.05, 0.1) is 28.2 Å². The molecule has 3 aromatic heterocycles. The molecule has 0 bridgehead atoms. The summed E-state index contributed by atoms with van der Waals surface area (Å²) in [6.45, 7) is 3.46. The molecule has 4 aromatic rings. The maximum atomic E-state index is 14.8. The number of hydrogen-bond donors (Lipinski definition) is 3. The number of nitrogens with zero attached hydrogens (tertiary/aromatic N) is 4. The third-order valence-electron chi connectivity index (χ3n) is 4.53. The fraction of sp³-hybridized carbons (Fsp3) is 0.105. The average molecular weight is 381 g/mol. The summed E-state index contributed by atoms with van der Waals surface area (Å²) in [5.74, 6) is -0.554. The molecule has 0 radical (unpaired) electrons. The van der Waals surface area contributed by atoms with E-state index >= 15 is 0 Å². The third kappa shape index (κ3) is 2.48. The molecule has 0 aliphatic heterocycles. The van der Waals surface area contributed by atoms with E-state index in [1.54, 1.807) is 36.7 Å². The minimum atomic E-state index is -0.665. The molecule has 0 aliphatic carbocycles. The number of pyridine rings is 1. The predicted octanol–water partition coefficient (Wildman–Crippen LogP) is 3.24. The van der Waals surface area contributed by atoms with Crippen LogP contribution in [0, 0.1) is 19.7 Å². The van der Waals surface area contributed by atoms with Crippen LogP contribution < -0.4 is 5.73 Å². The molecule has 28 heavy (non-hydrogen) atoms. The second kappa shape index (κ2) is 6.38. The number of aromatic nitrogens is 3. The predicted molar refractivity (Wildman–Crippen MR) is 100 cm³/mol. The summed E-state index contributed by atoms with van der Waals surface area (Å²) in [6, 6.07) is 7.24. The van der Waals surface area contributed by atoms with Crippen LogP contribution in [0.1, 0.15) is 17.0 Å². The molecule has 1 aromatic carbocycles. The van der Waals surface area contributed by atoms with Gasteiger partial charge in [-0.2, -0.15) is 0 Å². The number of phenolic OH excluding ortho intramolecular Hbond substituents is 1. The molecule has 9 heteroatoms. The highest BCUT2D eigenvalue weighted by molar-refractivity contribution is 6.14. The van der Waals surface area contributed by atoms with Gasteiger partial charge in [-0.1, -0.05) is 10.3 Å². The fourth-order valence-corrected chi connectivity index (χ4v) is 3.39. The molecular weight excluding hydrogens is 365 g/mol. The van der Waals surface area contributed by atoms with Gasteiger partial charge in [0, 0.05) is 17.6 Å². The summed E-state index contributed by atoms with van der Waals surface area (Å²) in [5, 5.41) is 26.7. The van der Waals surface area contributed by atoms with Gasteiger partial charge in [0.25, 0.3) is 0 Å². The van der Waals surface area contributed by atoms with Crippen molar-refractivity contribution in [1.82, 2.24) is 14.7 Å². The normalized spacial score (nSPS) is 12.0. The number of phenols is 1. The van der Waals surface area contributed by atoms with Crippen molar-refractivity contribution < 1.29 is 19.2 Å². The topological polar surface area (TPSA) is 123 Å². The average Bonchev–Trinajstić information content (AvgIpc) is 3.18. The van der Waals surface area contributed by atoms with Crippen LogP contribution in [0.3, 0.4) is 0 Å². The van der Waals surface area contributed by atoms with E-state index in [0.29, 0.717) is 39.3 Å². The number of amidine groups is 1. The number of benzene rings is 1. The second-order valence-electron chi connectivity index (χ2n) is 6.25. The first-order chi connectivity index (χ1) is 13.4. The lowest BCUT2D eigenvalue weighted by atomic mass is 10.0. The van der Waals surface area contributed by atoms with Crippen LogP contribution in [0.2, 0.25) is 0 Å². The van der Waals surface area contributed by atoms with E-state index in [1.165, 1.54) is 12.1 Å². The maximum absolute atomic E-state index is 14.8. The van der Waals surface area contributed by atoms with Gasteiger partial charge in [-0.05, 0) is 38.1 Å². The summed E-state index contributed by atoms with van der Waals surface area (Å²) >= 11 is 0. The Hall–Kier alpha value is -3.88. The molecule has 0 unspecified atom stereocenters. The van der Waals surface area contributed by atoms with Gasteiger partial charge in [0.1, 0.15) is 17.2 Å². The molecule has 0 aliphatic rings. The van der Waals surface area contributed by atoms with Crippen LogP contribution in [-0.4, -0.2) is 30.9 Å². The zero-order chi connectivity index (χ0) is 20.0. The lowest BCUT2D eigenvalue weighted by molar-refractivity contribution is 0.318. The maximum Gasteiger partial charge on any atom is 0.172 e. The molecule has 3 heterocycles. The number of halogens is 1. The number of aryl methyl sites for hydroxylation is 2. The largest absolute Gasteiger partial charge is 0.508 e. The number of aromatic hydroxyl groups is 1. The number of oxime groups is 1. The standard InChI is InChI=1S/C19H16FN5O3/c1-9-15(10(2)28-24-9)17-16(18(21)23-27)12-4-3-7-22-19(12)25(17)14-6-5-11(26)8-13(14)20/h3-8,26-27H,1-2H3,(H2,21,23). The Morgan fingerprint density at radius 2 is 2.07 bits per heavy atom. The van der Waals surface area contributed by atoms with Crippen molar-refractivity contribution in [2.45, 2.75) is 13.8 Å². The molecule has 142 valence electrons. The second-order valence-corrected chi connectivity index (χ2v) is 6.25. The Balaban J connectivity index is 2.25. The van der Waals surface area contributed by atoms with Crippen LogP contribution in [-0.2, 0) is 0 Å². The minimum absolute atomic E-state index is 0.133. The van der Waals surface area contributed by atoms with Crippen LogP contribution in [0.25, 0.3) is 28.0 Å². The highest BCUT2D eigenvalue weighted by Gasteiger charge is 2.28. The molecule has 0 atom stereocenters. The highest BCUT2D eigenvalue weighted by atomic mass is 19.1. The molecular formula is C19H16FN5O3. The van der Waals surface area contributed by atoms with Crippen LogP contribution in [0.4, 0.5) is 4.39 Å². The Morgan fingerprint density at radius 3 is 2.71 bits per heavy atom. The molecule has 0 fully saturated rings. The van der Waals surface area contributed by atoms with Gasteiger partial charge in [-0.3, -0.25) is 4.57 Å². The lowest BCUT2D eigenvalue weighted by Gasteiger charge is -2.13. The number of rotatable bonds is 3. The summed E-state index contributed by atoms with van der Waals surface area (Å²) in [4.78, 5) is 4.38. The van der Waals surface area contributed by atoms with E-state index in [9.17, 15) is 14.7 Å². The van der Waals surface area contributed by atoms with Crippen molar-refractivity contribution in [3.05, 3.63) is 59.4 Å². The van der Waals surface area contributed by atoms with Gasteiger partial charge in [-0.25, -0.2) is 9.37 Å². The number of hydrogen-bond acceptors (Lipinski definition) is 6. The van der Waals surface area contributed by atoms with Crippen molar-refractivity contribution in [2.24, 2.45) is 10.9 Å². The molecule has 0 saturated heterocycles. The van der Waals surface area contributed by atoms with Crippen LogP contribution in [0.15, 0.2) is 46.2 Å². The molecule has 8 nitrogen and oxygen atoms in total. The Bertz CT molecular complexity index is 1220. The molecule has 4 N–H and O–H groups in total. The minimum Gasteiger partial charge on any atom is -0.508 e. The summed E-state index contributed by atoms with van der Waals surface area (Å²) in [5.41, 5.74) is 8.43. The Morgan fingerprint density at radius 1 is 1.29 bits per heavy atom. The fourth-order valence-electron chi connectivity index (χ4n) is 3.39. The smallest absolute Gasteiger partial charge is 0.172 e. The van der Waals surface area contributed by atoms with E-state index in [0.717, 1.165) is 6.07 Å². The van der Waals surface area contributed by atoms with Gasteiger partial charge < -0.3 is 20.6 Å². The SMILES string of the molecule is Cc1noc(C)c1-c1c(C(N)=NO)c2cccnc2n1-c1ccc(O)cc1F. The first-order valence-electron chi connectivity index (χ1n) is 8.33. The van der Waals surface area contributed by atoms with Crippen molar-refractivity contribution in [3.8, 4) is 22.7 Å². The Labute approximate surface area is 158 Å². The van der Waals surface area contributed by atoms with E-state index < -0.39 is 5.82 Å².